The van der Waals surface area contributed by atoms with Crippen LogP contribution < -0.4 is 5.73 Å². The van der Waals surface area contributed by atoms with Crippen LogP contribution in [-0.4, -0.2) is 4.98 Å². The first-order chi connectivity index (χ1) is 7.11. The predicted molar refractivity (Wildman–Crippen MR) is 52.5 cm³/mol. The SMILES string of the molecule is N#CCc1cnc(N)c(CCl)c1C(F)F. The summed E-state index contributed by atoms with van der Waals surface area (Å²) in [4.78, 5) is 3.72. The molecule has 2 N–H and O–H groups in total. The minimum atomic E-state index is -2.70. The van der Waals surface area contributed by atoms with Crippen molar-refractivity contribution in [2.24, 2.45) is 0 Å². The lowest BCUT2D eigenvalue weighted by Gasteiger charge is -2.12. The molecule has 0 atom stereocenters. The molecule has 0 aliphatic carbocycles. The zero-order valence-corrected chi connectivity index (χ0v) is 8.43. The quantitative estimate of drug-likeness (QED) is 0.813. The molecule has 0 bridgehead atoms. The maximum absolute atomic E-state index is 12.7. The molecule has 0 saturated carbocycles. The van der Waals surface area contributed by atoms with Crippen molar-refractivity contribution >= 4 is 17.4 Å². The standard InChI is InChI=1S/C9H8ClF2N3/c10-3-6-7(8(11)12)5(1-2-13)4-15-9(6)14/h4,8H,1,3H2,(H2,14,15). The van der Waals surface area contributed by atoms with Crippen LogP contribution in [0.4, 0.5) is 14.6 Å². The fourth-order valence-corrected chi connectivity index (χ4v) is 1.55. The lowest BCUT2D eigenvalue weighted by Crippen LogP contribution is -2.06. The molecular weight excluding hydrogens is 224 g/mol. The van der Waals surface area contributed by atoms with E-state index in [9.17, 15) is 8.78 Å². The fourth-order valence-electron chi connectivity index (χ4n) is 1.27. The third kappa shape index (κ3) is 2.34. The van der Waals surface area contributed by atoms with Gasteiger partial charge in [-0.1, -0.05) is 0 Å². The minimum Gasteiger partial charge on any atom is -0.383 e. The Hall–Kier alpha value is -1.41. The van der Waals surface area contributed by atoms with Gasteiger partial charge in [0.1, 0.15) is 5.82 Å². The number of aromatic nitrogens is 1. The second-order valence-electron chi connectivity index (χ2n) is 2.83. The molecule has 0 fully saturated rings. The molecule has 0 unspecified atom stereocenters. The van der Waals surface area contributed by atoms with Gasteiger partial charge < -0.3 is 5.73 Å². The monoisotopic (exact) mass is 231 g/mol. The second kappa shape index (κ2) is 4.89. The Morgan fingerprint density at radius 3 is 2.73 bits per heavy atom. The number of nitrogens with zero attached hydrogens (tertiary/aromatic N) is 2. The molecule has 1 aromatic rings. The number of nitriles is 1. The van der Waals surface area contributed by atoms with E-state index in [1.165, 1.54) is 6.20 Å². The van der Waals surface area contributed by atoms with E-state index in [-0.39, 0.29) is 34.8 Å². The van der Waals surface area contributed by atoms with Gasteiger partial charge in [-0.3, -0.25) is 0 Å². The maximum atomic E-state index is 12.7. The van der Waals surface area contributed by atoms with Crippen LogP contribution in [0, 0.1) is 11.3 Å². The number of nitrogen functional groups attached to an aromatic ring is 1. The summed E-state index contributed by atoms with van der Waals surface area (Å²) in [6.45, 7) is 0. The summed E-state index contributed by atoms with van der Waals surface area (Å²) in [7, 11) is 0. The van der Waals surface area contributed by atoms with Crippen LogP contribution in [0.5, 0.6) is 0 Å². The topological polar surface area (TPSA) is 62.7 Å². The molecular formula is C9H8ClF2N3. The van der Waals surface area contributed by atoms with Crippen LogP contribution in [0.1, 0.15) is 23.1 Å². The Morgan fingerprint density at radius 2 is 2.27 bits per heavy atom. The van der Waals surface area contributed by atoms with Gasteiger partial charge in [0.25, 0.3) is 6.43 Å². The van der Waals surface area contributed by atoms with Crippen LogP contribution in [0.15, 0.2) is 6.20 Å². The van der Waals surface area contributed by atoms with Crippen LogP contribution in [0.3, 0.4) is 0 Å². The number of halogens is 3. The number of hydrogen-bond acceptors (Lipinski definition) is 3. The summed E-state index contributed by atoms with van der Waals surface area (Å²) >= 11 is 5.52. The van der Waals surface area contributed by atoms with Gasteiger partial charge in [0, 0.05) is 17.3 Å². The third-order valence-corrected chi connectivity index (χ3v) is 2.23. The van der Waals surface area contributed by atoms with E-state index >= 15 is 0 Å². The van der Waals surface area contributed by atoms with E-state index in [0.29, 0.717) is 0 Å². The highest BCUT2D eigenvalue weighted by Crippen LogP contribution is 2.30. The summed E-state index contributed by atoms with van der Waals surface area (Å²) in [5.41, 5.74) is 5.45. The molecule has 0 aromatic carbocycles. The van der Waals surface area contributed by atoms with E-state index in [4.69, 9.17) is 22.6 Å². The normalized spacial score (nSPS) is 10.3. The van der Waals surface area contributed by atoms with Gasteiger partial charge in [0.2, 0.25) is 0 Å². The Labute approximate surface area is 90.5 Å². The Balaban J connectivity index is 3.36. The number of pyridine rings is 1. The van der Waals surface area contributed by atoms with Gasteiger partial charge in [-0.25, -0.2) is 13.8 Å². The molecule has 1 heterocycles. The molecule has 0 spiro atoms. The Morgan fingerprint density at radius 1 is 1.60 bits per heavy atom. The smallest absolute Gasteiger partial charge is 0.264 e. The lowest BCUT2D eigenvalue weighted by molar-refractivity contribution is 0.149. The largest absolute Gasteiger partial charge is 0.383 e. The third-order valence-electron chi connectivity index (χ3n) is 1.96. The van der Waals surface area contributed by atoms with Gasteiger partial charge in [-0.05, 0) is 5.56 Å². The molecule has 0 radical (unpaired) electrons. The van der Waals surface area contributed by atoms with E-state index < -0.39 is 6.43 Å². The average Bonchev–Trinajstić information content (AvgIpc) is 2.20. The van der Waals surface area contributed by atoms with Crippen molar-refractivity contribution in [2.45, 2.75) is 18.7 Å². The predicted octanol–water partition coefficient (Wildman–Crippen LogP) is 2.41. The van der Waals surface area contributed by atoms with Crippen molar-refractivity contribution in [1.29, 1.82) is 5.26 Å². The first kappa shape index (κ1) is 11.7. The van der Waals surface area contributed by atoms with Crippen LogP contribution >= 0.6 is 11.6 Å². The van der Waals surface area contributed by atoms with Crippen molar-refractivity contribution in [3.63, 3.8) is 0 Å². The van der Waals surface area contributed by atoms with Gasteiger partial charge in [0.15, 0.2) is 0 Å². The van der Waals surface area contributed by atoms with Crippen molar-refractivity contribution < 1.29 is 8.78 Å². The number of rotatable bonds is 3. The van der Waals surface area contributed by atoms with E-state index in [2.05, 4.69) is 4.98 Å². The summed E-state index contributed by atoms with van der Waals surface area (Å²) < 4.78 is 25.5. The average molecular weight is 232 g/mol. The molecule has 0 aliphatic rings. The van der Waals surface area contributed by atoms with Crippen LogP contribution in [0.25, 0.3) is 0 Å². The number of anilines is 1. The van der Waals surface area contributed by atoms with Crippen LogP contribution in [-0.2, 0) is 12.3 Å². The van der Waals surface area contributed by atoms with Crippen molar-refractivity contribution in [3.05, 3.63) is 22.9 Å². The van der Waals surface area contributed by atoms with Crippen molar-refractivity contribution in [1.82, 2.24) is 4.98 Å². The first-order valence-corrected chi connectivity index (χ1v) is 4.62. The van der Waals surface area contributed by atoms with Gasteiger partial charge in [-0.2, -0.15) is 5.26 Å². The number of nitrogens with two attached hydrogens (primary N) is 1. The highest BCUT2D eigenvalue weighted by molar-refractivity contribution is 6.17. The molecule has 0 amide bonds. The Bertz CT molecular complexity index is 401. The van der Waals surface area contributed by atoms with Crippen molar-refractivity contribution in [3.8, 4) is 6.07 Å². The fraction of sp³-hybridized carbons (Fsp3) is 0.333. The van der Waals surface area contributed by atoms with Gasteiger partial charge in [0.05, 0.1) is 18.4 Å². The highest BCUT2D eigenvalue weighted by atomic mass is 35.5. The maximum Gasteiger partial charge on any atom is 0.264 e. The minimum absolute atomic E-state index is 0.0120. The molecule has 0 aliphatic heterocycles. The van der Waals surface area contributed by atoms with Gasteiger partial charge in [-0.15, -0.1) is 11.6 Å². The summed E-state index contributed by atoms with van der Waals surface area (Å²) in [6, 6.07) is 1.79. The van der Waals surface area contributed by atoms with E-state index in [0.717, 1.165) is 0 Å². The molecule has 15 heavy (non-hydrogen) atoms. The number of alkyl halides is 3. The van der Waals surface area contributed by atoms with Crippen molar-refractivity contribution in [2.75, 3.05) is 5.73 Å². The van der Waals surface area contributed by atoms with E-state index in [1.54, 1.807) is 6.07 Å². The van der Waals surface area contributed by atoms with Gasteiger partial charge >= 0.3 is 0 Å². The molecule has 1 aromatic heterocycles. The molecule has 6 heteroatoms. The first-order valence-electron chi connectivity index (χ1n) is 4.09. The zero-order chi connectivity index (χ0) is 11.4. The lowest BCUT2D eigenvalue weighted by atomic mass is 10.0. The van der Waals surface area contributed by atoms with Crippen LogP contribution in [0.2, 0.25) is 0 Å². The molecule has 0 saturated heterocycles. The summed E-state index contributed by atoms with van der Waals surface area (Å²) in [6.07, 6.45) is -1.64. The number of hydrogen-bond donors (Lipinski definition) is 1. The summed E-state index contributed by atoms with van der Waals surface area (Å²) in [5.74, 6) is -0.153. The highest BCUT2D eigenvalue weighted by Gasteiger charge is 2.20. The molecule has 3 nitrogen and oxygen atoms in total. The molecule has 80 valence electrons. The zero-order valence-electron chi connectivity index (χ0n) is 7.67. The van der Waals surface area contributed by atoms with E-state index in [1.807, 2.05) is 0 Å². The second-order valence-corrected chi connectivity index (χ2v) is 3.10. The molecule has 1 rings (SSSR count). The Kier molecular flexibility index (Phi) is 3.81. The summed E-state index contributed by atoms with van der Waals surface area (Å²) in [5, 5.41) is 8.47.